The number of hydrogen-bond acceptors (Lipinski definition) is 5. The van der Waals surface area contributed by atoms with Crippen LogP contribution in [-0.4, -0.2) is 51.5 Å². The molecule has 0 aliphatic rings. The van der Waals surface area contributed by atoms with E-state index in [0.717, 1.165) is 6.42 Å². The highest BCUT2D eigenvalue weighted by Crippen LogP contribution is 2.01. The zero-order valence-electron chi connectivity index (χ0n) is 11.3. The molecule has 0 saturated carbocycles. The van der Waals surface area contributed by atoms with Gasteiger partial charge in [-0.05, 0) is 13.3 Å². The van der Waals surface area contributed by atoms with E-state index in [-0.39, 0.29) is 12.7 Å². The van der Waals surface area contributed by atoms with Crippen LogP contribution in [0, 0.1) is 0 Å². The molecule has 0 bridgehead atoms. The predicted octanol–water partition coefficient (Wildman–Crippen LogP) is 0.496. The van der Waals surface area contributed by atoms with Gasteiger partial charge >= 0.3 is 5.97 Å². The molecule has 0 radical (unpaired) electrons. The van der Waals surface area contributed by atoms with Gasteiger partial charge in [0.05, 0.1) is 13.2 Å². The van der Waals surface area contributed by atoms with Crippen molar-refractivity contribution < 1.29 is 23.8 Å². The van der Waals surface area contributed by atoms with Crippen LogP contribution in [0.4, 0.5) is 0 Å². The number of rotatable bonds is 11. The lowest BCUT2D eigenvalue weighted by atomic mass is 10.3. The standard InChI is InChI=1S/C12H23NO5/c1-4-6-17-7-5-10(2)18-12(15)11(8-16-3)13-9-14/h9-11H,4-8H2,1-3H3,(H,13,14). The molecule has 0 aliphatic heterocycles. The Hall–Kier alpha value is -1.14. The number of methoxy groups -OCH3 is 1. The van der Waals surface area contributed by atoms with Crippen LogP contribution in [0.25, 0.3) is 0 Å². The van der Waals surface area contributed by atoms with E-state index in [1.165, 1.54) is 7.11 Å². The zero-order chi connectivity index (χ0) is 13.8. The quantitative estimate of drug-likeness (QED) is 0.333. The smallest absolute Gasteiger partial charge is 0.331 e. The van der Waals surface area contributed by atoms with Gasteiger partial charge in [0.1, 0.15) is 6.10 Å². The molecule has 0 aromatic carbocycles. The van der Waals surface area contributed by atoms with Gasteiger partial charge in [-0.1, -0.05) is 6.92 Å². The highest BCUT2D eigenvalue weighted by Gasteiger charge is 2.21. The van der Waals surface area contributed by atoms with Gasteiger partial charge in [-0.15, -0.1) is 0 Å². The summed E-state index contributed by atoms with van der Waals surface area (Å²) in [6, 6.07) is -0.758. The summed E-state index contributed by atoms with van der Waals surface area (Å²) in [4.78, 5) is 22.0. The van der Waals surface area contributed by atoms with Gasteiger partial charge in [0.2, 0.25) is 6.41 Å². The van der Waals surface area contributed by atoms with Gasteiger partial charge in [0, 0.05) is 20.1 Å². The molecule has 2 atom stereocenters. The second-order valence-electron chi connectivity index (χ2n) is 3.94. The Morgan fingerprint density at radius 2 is 2.11 bits per heavy atom. The van der Waals surface area contributed by atoms with E-state index in [2.05, 4.69) is 5.32 Å². The Morgan fingerprint density at radius 3 is 2.67 bits per heavy atom. The second-order valence-corrected chi connectivity index (χ2v) is 3.94. The topological polar surface area (TPSA) is 73.9 Å². The second kappa shape index (κ2) is 11.0. The molecule has 0 heterocycles. The van der Waals surface area contributed by atoms with Gasteiger partial charge < -0.3 is 19.5 Å². The molecule has 0 aromatic heterocycles. The fourth-order valence-electron chi connectivity index (χ4n) is 1.27. The molecule has 0 spiro atoms. The summed E-state index contributed by atoms with van der Waals surface area (Å²) in [7, 11) is 1.45. The van der Waals surface area contributed by atoms with Crippen LogP contribution in [0.3, 0.4) is 0 Å². The summed E-state index contributed by atoms with van der Waals surface area (Å²) in [5.74, 6) is -0.494. The molecule has 1 N–H and O–H groups in total. The Bertz CT molecular complexity index is 235. The molecule has 0 rings (SSSR count). The Balaban J connectivity index is 3.91. The third kappa shape index (κ3) is 8.03. The Kier molecular flexibility index (Phi) is 10.3. The number of amides is 1. The normalized spacial score (nSPS) is 13.7. The van der Waals surface area contributed by atoms with Gasteiger partial charge in [0.25, 0.3) is 0 Å². The van der Waals surface area contributed by atoms with E-state index in [1.54, 1.807) is 6.92 Å². The SMILES string of the molecule is CCCOCCC(C)OC(=O)C(COC)NC=O. The van der Waals surface area contributed by atoms with Crippen LogP contribution in [0.2, 0.25) is 0 Å². The number of ether oxygens (including phenoxy) is 3. The number of carbonyl (C=O) groups is 2. The number of nitrogens with one attached hydrogen (secondary N) is 1. The van der Waals surface area contributed by atoms with E-state index < -0.39 is 12.0 Å². The van der Waals surface area contributed by atoms with Crippen LogP contribution in [0.15, 0.2) is 0 Å². The van der Waals surface area contributed by atoms with Crippen LogP contribution in [0.5, 0.6) is 0 Å². The van der Waals surface area contributed by atoms with Crippen molar-refractivity contribution >= 4 is 12.4 Å². The van der Waals surface area contributed by atoms with Crippen molar-refractivity contribution in [2.24, 2.45) is 0 Å². The van der Waals surface area contributed by atoms with Crippen LogP contribution >= 0.6 is 0 Å². The van der Waals surface area contributed by atoms with Gasteiger partial charge in [-0.2, -0.15) is 0 Å². The molecule has 0 saturated heterocycles. The minimum atomic E-state index is -0.758. The first kappa shape index (κ1) is 16.9. The Labute approximate surface area is 108 Å². The lowest BCUT2D eigenvalue weighted by Crippen LogP contribution is -2.42. The Morgan fingerprint density at radius 1 is 1.39 bits per heavy atom. The van der Waals surface area contributed by atoms with Crippen molar-refractivity contribution in [3.05, 3.63) is 0 Å². The maximum absolute atomic E-state index is 11.7. The molecule has 2 unspecified atom stereocenters. The summed E-state index contributed by atoms with van der Waals surface area (Å²) in [6.07, 6.45) is 1.81. The van der Waals surface area contributed by atoms with E-state index in [4.69, 9.17) is 14.2 Å². The monoisotopic (exact) mass is 261 g/mol. The first-order chi connectivity index (χ1) is 8.65. The average Bonchev–Trinajstić information content (AvgIpc) is 2.34. The van der Waals surface area contributed by atoms with Crippen LogP contribution < -0.4 is 5.32 Å². The summed E-state index contributed by atoms with van der Waals surface area (Å²) in [5.41, 5.74) is 0. The van der Waals surface area contributed by atoms with Crippen molar-refractivity contribution in [2.45, 2.75) is 38.8 Å². The van der Waals surface area contributed by atoms with Crippen molar-refractivity contribution in [2.75, 3.05) is 26.9 Å². The molecule has 0 aromatic rings. The first-order valence-corrected chi connectivity index (χ1v) is 6.12. The van der Waals surface area contributed by atoms with E-state index in [1.807, 2.05) is 6.92 Å². The maximum Gasteiger partial charge on any atom is 0.331 e. The number of carbonyl (C=O) groups excluding carboxylic acids is 2. The van der Waals surface area contributed by atoms with E-state index >= 15 is 0 Å². The molecule has 18 heavy (non-hydrogen) atoms. The molecular weight excluding hydrogens is 238 g/mol. The summed E-state index contributed by atoms with van der Waals surface area (Å²) in [6.45, 7) is 5.18. The minimum absolute atomic E-state index is 0.0939. The molecule has 0 fully saturated rings. The van der Waals surface area contributed by atoms with Crippen LogP contribution in [0.1, 0.15) is 26.7 Å². The molecule has 6 heteroatoms. The van der Waals surface area contributed by atoms with Crippen molar-refractivity contribution in [3.63, 3.8) is 0 Å². The number of hydrogen-bond donors (Lipinski definition) is 1. The average molecular weight is 261 g/mol. The highest BCUT2D eigenvalue weighted by molar-refractivity contribution is 5.78. The molecule has 1 amide bonds. The predicted molar refractivity (Wildman–Crippen MR) is 66.1 cm³/mol. The third-order valence-electron chi connectivity index (χ3n) is 2.22. The van der Waals surface area contributed by atoms with Gasteiger partial charge in [-0.3, -0.25) is 4.79 Å². The van der Waals surface area contributed by atoms with Gasteiger partial charge in [-0.25, -0.2) is 4.79 Å². The van der Waals surface area contributed by atoms with E-state index in [9.17, 15) is 9.59 Å². The fraction of sp³-hybridized carbons (Fsp3) is 0.833. The maximum atomic E-state index is 11.7. The van der Waals surface area contributed by atoms with Crippen LogP contribution in [-0.2, 0) is 23.8 Å². The summed E-state index contributed by atoms with van der Waals surface area (Å²) < 4.78 is 15.3. The third-order valence-corrected chi connectivity index (χ3v) is 2.22. The highest BCUT2D eigenvalue weighted by atomic mass is 16.5. The molecular formula is C12H23NO5. The fourth-order valence-corrected chi connectivity index (χ4v) is 1.27. The summed E-state index contributed by atoms with van der Waals surface area (Å²) >= 11 is 0. The first-order valence-electron chi connectivity index (χ1n) is 6.12. The molecule has 0 aliphatic carbocycles. The lowest BCUT2D eigenvalue weighted by molar-refractivity contribution is -0.153. The largest absolute Gasteiger partial charge is 0.461 e. The number of esters is 1. The zero-order valence-corrected chi connectivity index (χ0v) is 11.3. The van der Waals surface area contributed by atoms with Crippen molar-refractivity contribution in [1.29, 1.82) is 0 Å². The molecule has 6 nitrogen and oxygen atoms in total. The molecule has 106 valence electrons. The summed E-state index contributed by atoms with van der Waals surface area (Å²) in [5, 5.41) is 2.35. The van der Waals surface area contributed by atoms with Gasteiger partial charge in [0.15, 0.2) is 6.04 Å². The minimum Gasteiger partial charge on any atom is -0.461 e. The van der Waals surface area contributed by atoms with Crippen molar-refractivity contribution in [3.8, 4) is 0 Å². The van der Waals surface area contributed by atoms with Crippen molar-refractivity contribution in [1.82, 2.24) is 5.32 Å². The lowest BCUT2D eigenvalue weighted by Gasteiger charge is -2.18. The van der Waals surface area contributed by atoms with E-state index in [0.29, 0.717) is 26.0 Å².